The second-order valence-electron chi connectivity index (χ2n) is 4.87. The lowest BCUT2D eigenvalue weighted by Crippen LogP contribution is -2.48. The molecule has 1 fully saturated rings. The maximum Gasteiger partial charge on any atom is 0.239 e. The Bertz CT molecular complexity index is 732. The Morgan fingerprint density at radius 3 is 3.05 bits per heavy atom. The Labute approximate surface area is 116 Å². The first-order valence-electron chi connectivity index (χ1n) is 6.51. The van der Waals surface area contributed by atoms with E-state index in [2.05, 4.69) is 16.4 Å². The number of aromatic nitrogens is 1. The van der Waals surface area contributed by atoms with Crippen LogP contribution in [0, 0.1) is 18.3 Å². The molecule has 1 aromatic heterocycles. The molecular formula is C15H14N4O. The molecule has 0 atom stereocenters. The second kappa shape index (κ2) is 4.82. The van der Waals surface area contributed by atoms with Crippen LogP contribution in [0.3, 0.4) is 0 Å². The van der Waals surface area contributed by atoms with Crippen LogP contribution in [0.2, 0.25) is 0 Å². The number of pyridine rings is 1. The SMILES string of the molecule is Cc1cccc2c(N3CCNC(=O)C3)c(C#N)cnc12. The lowest BCUT2D eigenvalue weighted by molar-refractivity contribution is -0.120. The van der Waals surface area contributed by atoms with Crippen LogP contribution >= 0.6 is 0 Å². The van der Waals surface area contributed by atoms with E-state index in [0.717, 1.165) is 22.2 Å². The van der Waals surface area contributed by atoms with Crippen LogP contribution in [0.15, 0.2) is 24.4 Å². The van der Waals surface area contributed by atoms with Gasteiger partial charge in [0.15, 0.2) is 0 Å². The maximum absolute atomic E-state index is 11.6. The van der Waals surface area contributed by atoms with Crippen LogP contribution in [0.25, 0.3) is 10.9 Å². The summed E-state index contributed by atoms with van der Waals surface area (Å²) in [6, 6.07) is 8.09. The lowest BCUT2D eigenvalue weighted by atomic mass is 10.0. The second-order valence-corrected chi connectivity index (χ2v) is 4.87. The number of nitrogens with zero attached hydrogens (tertiary/aromatic N) is 3. The van der Waals surface area contributed by atoms with Gasteiger partial charge in [0.1, 0.15) is 6.07 Å². The number of rotatable bonds is 1. The van der Waals surface area contributed by atoms with E-state index in [0.29, 0.717) is 18.7 Å². The van der Waals surface area contributed by atoms with Gasteiger partial charge in [-0.2, -0.15) is 5.26 Å². The molecule has 0 saturated carbocycles. The van der Waals surface area contributed by atoms with Crippen molar-refractivity contribution < 1.29 is 4.79 Å². The number of para-hydroxylation sites is 1. The minimum absolute atomic E-state index is 0.0160. The van der Waals surface area contributed by atoms with Gasteiger partial charge in [0.05, 0.1) is 23.3 Å². The quantitative estimate of drug-likeness (QED) is 0.846. The smallest absolute Gasteiger partial charge is 0.239 e. The molecule has 0 radical (unpaired) electrons. The predicted octanol–water partition coefficient (Wildman–Crippen LogP) is 1.35. The highest BCUT2D eigenvalue weighted by Gasteiger charge is 2.21. The topological polar surface area (TPSA) is 69.0 Å². The van der Waals surface area contributed by atoms with Crippen molar-refractivity contribution in [2.45, 2.75) is 6.92 Å². The van der Waals surface area contributed by atoms with Gasteiger partial charge in [-0.15, -0.1) is 0 Å². The van der Waals surface area contributed by atoms with E-state index in [4.69, 9.17) is 0 Å². The van der Waals surface area contributed by atoms with Crippen LogP contribution < -0.4 is 10.2 Å². The van der Waals surface area contributed by atoms with E-state index in [1.165, 1.54) is 0 Å². The summed E-state index contributed by atoms with van der Waals surface area (Å²) in [5, 5.41) is 13.1. The van der Waals surface area contributed by atoms with E-state index in [-0.39, 0.29) is 12.5 Å². The molecule has 20 heavy (non-hydrogen) atoms. The Balaban J connectivity index is 2.24. The third kappa shape index (κ3) is 1.95. The Hall–Kier alpha value is -2.61. The molecule has 0 bridgehead atoms. The molecule has 1 amide bonds. The van der Waals surface area contributed by atoms with Gasteiger partial charge < -0.3 is 10.2 Å². The summed E-state index contributed by atoms with van der Waals surface area (Å²) in [5.41, 5.74) is 3.27. The van der Waals surface area contributed by atoms with Gasteiger partial charge in [-0.1, -0.05) is 18.2 Å². The van der Waals surface area contributed by atoms with Gasteiger partial charge in [0, 0.05) is 24.7 Å². The Morgan fingerprint density at radius 1 is 1.45 bits per heavy atom. The van der Waals surface area contributed by atoms with Crippen LogP contribution in [0.4, 0.5) is 5.69 Å². The summed E-state index contributed by atoms with van der Waals surface area (Å²) in [5.74, 6) is -0.0160. The zero-order valence-electron chi connectivity index (χ0n) is 11.2. The largest absolute Gasteiger partial charge is 0.359 e. The molecule has 1 saturated heterocycles. The third-order valence-electron chi connectivity index (χ3n) is 3.55. The molecule has 0 aliphatic carbocycles. The zero-order chi connectivity index (χ0) is 14.1. The van der Waals surface area contributed by atoms with Crippen LogP contribution in [0.5, 0.6) is 0 Å². The van der Waals surface area contributed by atoms with E-state index >= 15 is 0 Å². The van der Waals surface area contributed by atoms with Gasteiger partial charge >= 0.3 is 0 Å². The fraction of sp³-hybridized carbons (Fsp3) is 0.267. The molecule has 1 aliphatic heterocycles. The number of benzene rings is 1. The number of nitriles is 1. The number of anilines is 1. The van der Waals surface area contributed by atoms with E-state index in [1.54, 1.807) is 6.20 Å². The van der Waals surface area contributed by atoms with Gasteiger partial charge in [0.2, 0.25) is 5.91 Å². The monoisotopic (exact) mass is 266 g/mol. The van der Waals surface area contributed by atoms with Crippen molar-refractivity contribution in [2.75, 3.05) is 24.5 Å². The summed E-state index contributed by atoms with van der Waals surface area (Å²) in [7, 11) is 0. The molecule has 100 valence electrons. The van der Waals surface area contributed by atoms with Gasteiger partial charge in [-0.3, -0.25) is 9.78 Å². The number of fused-ring (bicyclic) bond motifs is 1. The molecule has 1 aromatic carbocycles. The van der Waals surface area contributed by atoms with Gasteiger partial charge in [-0.05, 0) is 12.5 Å². The minimum atomic E-state index is -0.0160. The molecule has 2 heterocycles. The first-order chi connectivity index (χ1) is 9.70. The number of nitrogens with one attached hydrogen (secondary N) is 1. The minimum Gasteiger partial charge on any atom is -0.359 e. The summed E-state index contributed by atoms with van der Waals surface area (Å²) in [6.07, 6.45) is 1.59. The maximum atomic E-state index is 11.6. The predicted molar refractivity (Wildman–Crippen MR) is 76.4 cm³/mol. The molecule has 3 rings (SSSR count). The zero-order valence-corrected chi connectivity index (χ0v) is 11.2. The number of amides is 1. The summed E-state index contributed by atoms with van der Waals surface area (Å²) in [4.78, 5) is 17.9. The first-order valence-corrected chi connectivity index (χ1v) is 6.51. The molecule has 5 heteroatoms. The normalized spacial score (nSPS) is 15.0. The van der Waals surface area contributed by atoms with Crippen molar-refractivity contribution in [3.05, 3.63) is 35.5 Å². The van der Waals surface area contributed by atoms with E-state index in [1.807, 2.05) is 30.0 Å². The lowest BCUT2D eigenvalue weighted by Gasteiger charge is -2.30. The van der Waals surface area contributed by atoms with Crippen LogP contribution in [-0.4, -0.2) is 30.5 Å². The summed E-state index contributed by atoms with van der Waals surface area (Å²) >= 11 is 0. The van der Waals surface area contributed by atoms with E-state index in [9.17, 15) is 10.1 Å². The number of piperazine rings is 1. The first kappa shape index (κ1) is 12.4. The van der Waals surface area contributed by atoms with Crippen LogP contribution in [-0.2, 0) is 4.79 Å². The number of carbonyl (C=O) groups excluding carboxylic acids is 1. The summed E-state index contributed by atoms with van der Waals surface area (Å²) < 4.78 is 0. The van der Waals surface area contributed by atoms with Crippen molar-refractivity contribution in [3.8, 4) is 6.07 Å². The Morgan fingerprint density at radius 2 is 2.30 bits per heavy atom. The van der Waals surface area contributed by atoms with Crippen molar-refractivity contribution in [3.63, 3.8) is 0 Å². The summed E-state index contributed by atoms with van der Waals surface area (Å²) in [6.45, 7) is 3.57. The van der Waals surface area contributed by atoms with E-state index < -0.39 is 0 Å². The highest BCUT2D eigenvalue weighted by Crippen LogP contribution is 2.30. The number of hydrogen-bond donors (Lipinski definition) is 1. The number of carbonyl (C=O) groups is 1. The molecule has 0 spiro atoms. The standard InChI is InChI=1S/C15H14N4O/c1-10-3-2-4-12-14(10)18-8-11(7-16)15(12)19-6-5-17-13(20)9-19/h2-4,8H,5-6,9H2,1H3,(H,17,20). The molecule has 0 unspecified atom stereocenters. The van der Waals surface area contributed by atoms with Crippen LogP contribution in [0.1, 0.15) is 11.1 Å². The molecule has 5 nitrogen and oxygen atoms in total. The van der Waals surface area contributed by atoms with Gasteiger partial charge in [-0.25, -0.2) is 0 Å². The van der Waals surface area contributed by atoms with Gasteiger partial charge in [0.25, 0.3) is 0 Å². The third-order valence-corrected chi connectivity index (χ3v) is 3.55. The average molecular weight is 266 g/mol. The fourth-order valence-corrected chi connectivity index (χ4v) is 2.61. The highest BCUT2D eigenvalue weighted by molar-refractivity contribution is 5.97. The number of aryl methyl sites for hydroxylation is 1. The van der Waals surface area contributed by atoms with Crippen molar-refractivity contribution in [1.29, 1.82) is 5.26 Å². The Kier molecular flexibility index (Phi) is 2.99. The fourth-order valence-electron chi connectivity index (χ4n) is 2.61. The molecule has 1 aliphatic rings. The van der Waals surface area contributed by atoms with Crippen molar-refractivity contribution in [1.82, 2.24) is 10.3 Å². The van der Waals surface area contributed by atoms with Crippen molar-refractivity contribution >= 4 is 22.5 Å². The molecule has 2 aromatic rings. The molecule has 1 N–H and O–H groups in total. The highest BCUT2D eigenvalue weighted by atomic mass is 16.2. The number of hydrogen-bond acceptors (Lipinski definition) is 4. The average Bonchev–Trinajstić information content (AvgIpc) is 2.46. The molecular weight excluding hydrogens is 252 g/mol. The van der Waals surface area contributed by atoms with Crippen molar-refractivity contribution in [2.24, 2.45) is 0 Å².